The summed E-state index contributed by atoms with van der Waals surface area (Å²) in [4.78, 5) is 11.3. The second-order valence-corrected chi connectivity index (χ2v) is 4.13. The smallest absolute Gasteiger partial charge is 0.220 e. The molecule has 0 saturated heterocycles. The zero-order valence-electron chi connectivity index (χ0n) is 8.93. The van der Waals surface area contributed by atoms with E-state index >= 15 is 0 Å². The predicted octanol–water partition coefficient (Wildman–Crippen LogP) is 0.283. The van der Waals surface area contributed by atoms with Crippen LogP contribution in [-0.2, 0) is 11.2 Å². The molecule has 0 aliphatic rings. The minimum absolute atomic E-state index is 0.0594. The van der Waals surface area contributed by atoms with E-state index in [1.807, 2.05) is 11.4 Å². The van der Waals surface area contributed by atoms with Crippen LogP contribution in [-0.4, -0.2) is 33.3 Å². The summed E-state index contributed by atoms with van der Waals surface area (Å²) in [5, 5.41) is 21.8. The molecule has 1 rings (SSSR count). The number of hydrogen-bond donors (Lipinski definition) is 3. The molecular formula is C10H16N2O3S. The van der Waals surface area contributed by atoms with Crippen molar-refractivity contribution in [1.29, 1.82) is 0 Å². The van der Waals surface area contributed by atoms with Gasteiger partial charge in [0.05, 0.1) is 5.69 Å². The standard InChI is InChI=1S/C10H16N2O3S/c13-9(2-1-3-10(14)15)11-6-4-8-5-7-16-12-8/h5,7,10,14-15H,1-4,6H2,(H,11,13). The molecule has 0 aliphatic carbocycles. The Bertz CT molecular complexity index is 301. The van der Waals surface area contributed by atoms with E-state index in [0.717, 1.165) is 12.1 Å². The van der Waals surface area contributed by atoms with Crippen LogP contribution >= 0.6 is 11.5 Å². The number of aliphatic hydroxyl groups excluding tert-OH is 1. The maximum Gasteiger partial charge on any atom is 0.220 e. The first-order chi connectivity index (χ1) is 7.68. The Balaban J connectivity index is 2.02. The Kier molecular flexibility index (Phi) is 5.99. The van der Waals surface area contributed by atoms with Gasteiger partial charge in [0.2, 0.25) is 5.91 Å². The van der Waals surface area contributed by atoms with Crippen molar-refractivity contribution in [3.05, 3.63) is 17.1 Å². The van der Waals surface area contributed by atoms with Crippen LogP contribution in [0, 0.1) is 0 Å². The van der Waals surface area contributed by atoms with E-state index in [1.165, 1.54) is 11.5 Å². The summed E-state index contributed by atoms with van der Waals surface area (Å²) in [6.07, 6.45) is 0.467. The molecule has 16 heavy (non-hydrogen) atoms. The number of nitrogens with zero attached hydrogens (tertiary/aromatic N) is 1. The Hall–Kier alpha value is -0.980. The van der Waals surface area contributed by atoms with Gasteiger partial charge in [0, 0.05) is 24.8 Å². The summed E-state index contributed by atoms with van der Waals surface area (Å²) in [6, 6.07) is 1.93. The summed E-state index contributed by atoms with van der Waals surface area (Å²) < 4.78 is 4.12. The van der Waals surface area contributed by atoms with Gasteiger partial charge in [0.1, 0.15) is 0 Å². The quantitative estimate of drug-likeness (QED) is 0.602. The summed E-state index contributed by atoms with van der Waals surface area (Å²) in [7, 11) is 0. The van der Waals surface area contributed by atoms with Gasteiger partial charge < -0.3 is 15.5 Å². The van der Waals surface area contributed by atoms with Gasteiger partial charge in [-0.1, -0.05) is 0 Å². The molecule has 1 heterocycles. The van der Waals surface area contributed by atoms with Crippen molar-refractivity contribution in [3.63, 3.8) is 0 Å². The molecule has 1 amide bonds. The average Bonchev–Trinajstić information content (AvgIpc) is 2.70. The lowest BCUT2D eigenvalue weighted by molar-refractivity contribution is -0.121. The van der Waals surface area contributed by atoms with Gasteiger partial charge in [-0.2, -0.15) is 4.37 Å². The number of amides is 1. The van der Waals surface area contributed by atoms with Crippen LogP contribution in [0.5, 0.6) is 0 Å². The third-order valence-electron chi connectivity index (χ3n) is 2.06. The third kappa shape index (κ3) is 5.79. The summed E-state index contributed by atoms with van der Waals surface area (Å²) >= 11 is 1.40. The van der Waals surface area contributed by atoms with E-state index in [1.54, 1.807) is 0 Å². The number of carbonyl (C=O) groups is 1. The molecule has 3 N–H and O–H groups in total. The van der Waals surface area contributed by atoms with Crippen LogP contribution < -0.4 is 5.32 Å². The molecule has 90 valence electrons. The van der Waals surface area contributed by atoms with E-state index in [4.69, 9.17) is 10.2 Å². The van der Waals surface area contributed by atoms with Gasteiger partial charge in [-0.15, -0.1) is 0 Å². The fraction of sp³-hybridized carbons (Fsp3) is 0.600. The van der Waals surface area contributed by atoms with Gasteiger partial charge >= 0.3 is 0 Å². The number of hydrogen-bond acceptors (Lipinski definition) is 5. The maximum atomic E-state index is 11.3. The highest BCUT2D eigenvalue weighted by molar-refractivity contribution is 7.03. The maximum absolute atomic E-state index is 11.3. The van der Waals surface area contributed by atoms with E-state index in [2.05, 4.69) is 9.69 Å². The molecule has 1 aromatic heterocycles. The van der Waals surface area contributed by atoms with E-state index < -0.39 is 6.29 Å². The number of carbonyl (C=O) groups excluding carboxylic acids is 1. The molecule has 0 spiro atoms. The van der Waals surface area contributed by atoms with Crippen molar-refractivity contribution in [2.75, 3.05) is 6.54 Å². The van der Waals surface area contributed by atoms with Crippen molar-refractivity contribution in [3.8, 4) is 0 Å². The molecule has 1 aromatic rings. The van der Waals surface area contributed by atoms with Crippen molar-refractivity contribution in [1.82, 2.24) is 9.69 Å². The molecule has 0 atom stereocenters. The zero-order valence-corrected chi connectivity index (χ0v) is 9.74. The average molecular weight is 244 g/mol. The summed E-state index contributed by atoms with van der Waals surface area (Å²) in [6.45, 7) is 0.574. The second kappa shape index (κ2) is 7.32. The fourth-order valence-electron chi connectivity index (χ4n) is 1.23. The zero-order chi connectivity index (χ0) is 11.8. The summed E-state index contributed by atoms with van der Waals surface area (Å²) in [5.41, 5.74) is 0.982. The monoisotopic (exact) mass is 244 g/mol. The van der Waals surface area contributed by atoms with Crippen LogP contribution in [0.2, 0.25) is 0 Å². The van der Waals surface area contributed by atoms with Crippen molar-refractivity contribution in [2.45, 2.75) is 32.0 Å². The van der Waals surface area contributed by atoms with Crippen molar-refractivity contribution >= 4 is 17.4 Å². The van der Waals surface area contributed by atoms with Crippen LogP contribution in [0.1, 0.15) is 25.0 Å². The molecule has 0 unspecified atom stereocenters. The fourth-order valence-corrected chi connectivity index (χ4v) is 1.80. The van der Waals surface area contributed by atoms with E-state index in [-0.39, 0.29) is 12.3 Å². The molecule has 0 fully saturated rings. The normalized spacial score (nSPS) is 10.7. The third-order valence-corrected chi connectivity index (χ3v) is 2.66. The highest BCUT2D eigenvalue weighted by Gasteiger charge is 2.03. The SMILES string of the molecule is O=C(CCCC(O)O)NCCc1ccsn1. The van der Waals surface area contributed by atoms with Crippen molar-refractivity contribution < 1.29 is 15.0 Å². The van der Waals surface area contributed by atoms with Crippen LogP contribution in [0.25, 0.3) is 0 Å². The largest absolute Gasteiger partial charge is 0.368 e. The number of aromatic nitrogens is 1. The van der Waals surface area contributed by atoms with E-state index in [9.17, 15) is 4.79 Å². The molecule has 0 saturated carbocycles. The summed E-state index contributed by atoms with van der Waals surface area (Å²) in [5.74, 6) is -0.0594. The minimum atomic E-state index is -1.32. The molecular weight excluding hydrogens is 228 g/mol. The minimum Gasteiger partial charge on any atom is -0.368 e. The lowest BCUT2D eigenvalue weighted by Crippen LogP contribution is -2.25. The van der Waals surface area contributed by atoms with Crippen LogP contribution in [0.3, 0.4) is 0 Å². The van der Waals surface area contributed by atoms with E-state index in [0.29, 0.717) is 19.4 Å². The Morgan fingerprint density at radius 1 is 1.56 bits per heavy atom. The predicted molar refractivity (Wildman–Crippen MR) is 60.9 cm³/mol. The molecule has 0 radical (unpaired) electrons. The molecule has 5 nitrogen and oxygen atoms in total. The first-order valence-electron chi connectivity index (χ1n) is 5.20. The Morgan fingerprint density at radius 2 is 2.38 bits per heavy atom. The number of aliphatic hydroxyl groups is 2. The highest BCUT2D eigenvalue weighted by atomic mass is 32.1. The van der Waals surface area contributed by atoms with Gasteiger partial charge in [0.15, 0.2) is 6.29 Å². The Morgan fingerprint density at radius 3 is 3.00 bits per heavy atom. The topological polar surface area (TPSA) is 82.5 Å². The molecule has 0 aromatic carbocycles. The Labute approximate surface area is 98.3 Å². The van der Waals surface area contributed by atoms with Crippen LogP contribution in [0.15, 0.2) is 11.4 Å². The number of nitrogens with one attached hydrogen (secondary N) is 1. The lowest BCUT2D eigenvalue weighted by Gasteiger charge is -2.04. The first kappa shape index (κ1) is 13.1. The van der Waals surface area contributed by atoms with Crippen molar-refractivity contribution in [2.24, 2.45) is 0 Å². The van der Waals surface area contributed by atoms with Crippen LogP contribution in [0.4, 0.5) is 0 Å². The first-order valence-corrected chi connectivity index (χ1v) is 6.04. The number of rotatable bonds is 7. The van der Waals surface area contributed by atoms with Gasteiger partial charge in [0.25, 0.3) is 0 Å². The molecule has 0 bridgehead atoms. The van der Waals surface area contributed by atoms with Gasteiger partial charge in [-0.05, 0) is 30.4 Å². The molecule has 6 heteroatoms. The highest BCUT2D eigenvalue weighted by Crippen LogP contribution is 2.00. The van der Waals surface area contributed by atoms with Gasteiger partial charge in [-0.25, -0.2) is 0 Å². The molecule has 0 aliphatic heterocycles. The van der Waals surface area contributed by atoms with Gasteiger partial charge in [-0.3, -0.25) is 4.79 Å². The lowest BCUT2D eigenvalue weighted by atomic mass is 10.2. The second-order valence-electron chi connectivity index (χ2n) is 3.46.